The second-order valence-corrected chi connectivity index (χ2v) is 10.7. The van der Waals surface area contributed by atoms with Crippen LogP contribution in [0.25, 0.3) is 5.69 Å². The molecule has 2 atom stereocenters. The maximum Gasteiger partial charge on any atom is 0.268 e. The Balaban J connectivity index is 0.00000231. The molecule has 31 heavy (non-hydrogen) atoms. The number of piperazine rings is 1. The van der Waals surface area contributed by atoms with Gasteiger partial charge in [0.05, 0.1) is 23.2 Å². The highest BCUT2D eigenvalue weighted by atomic mass is 35.5. The van der Waals surface area contributed by atoms with Crippen LogP contribution < -0.4 is 10.9 Å². The van der Waals surface area contributed by atoms with Gasteiger partial charge in [-0.05, 0) is 55.0 Å². The number of amides is 1. The summed E-state index contributed by atoms with van der Waals surface area (Å²) in [5.74, 6) is -0.383. The van der Waals surface area contributed by atoms with Crippen LogP contribution >= 0.6 is 12.4 Å². The minimum absolute atomic E-state index is 0. The zero-order valence-corrected chi connectivity index (χ0v) is 19.0. The molecule has 5 rings (SSSR count). The van der Waals surface area contributed by atoms with Crippen LogP contribution in [0.15, 0.2) is 35.3 Å². The number of sulfone groups is 1. The fourth-order valence-electron chi connectivity index (χ4n) is 5.16. The number of halogens is 1. The molecule has 2 fully saturated rings. The summed E-state index contributed by atoms with van der Waals surface area (Å²) in [6, 6.07) is 7.09. The Kier molecular flexibility index (Phi) is 5.74. The van der Waals surface area contributed by atoms with Gasteiger partial charge >= 0.3 is 0 Å². The van der Waals surface area contributed by atoms with E-state index in [1.807, 2.05) is 12.1 Å². The molecule has 2 aliphatic heterocycles. The molecule has 1 aromatic carbocycles. The van der Waals surface area contributed by atoms with Crippen molar-refractivity contribution in [2.45, 2.75) is 38.3 Å². The van der Waals surface area contributed by atoms with Crippen molar-refractivity contribution < 1.29 is 13.2 Å². The van der Waals surface area contributed by atoms with E-state index in [0.29, 0.717) is 18.7 Å². The lowest BCUT2D eigenvalue weighted by Crippen LogP contribution is -2.59. The van der Waals surface area contributed by atoms with Crippen LogP contribution in [0.2, 0.25) is 0 Å². The number of hydrogen-bond donors (Lipinski definition) is 1. The van der Waals surface area contributed by atoms with Gasteiger partial charge in [-0.3, -0.25) is 14.2 Å². The van der Waals surface area contributed by atoms with Gasteiger partial charge in [-0.25, -0.2) is 8.42 Å². The van der Waals surface area contributed by atoms with Crippen molar-refractivity contribution in [1.82, 2.24) is 14.8 Å². The fourth-order valence-corrected chi connectivity index (χ4v) is 7.12. The quantitative estimate of drug-likeness (QED) is 0.724. The smallest absolute Gasteiger partial charge is 0.268 e. The van der Waals surface area contributed by atoms with Crippen molar-refractivity contribution in [2.75, 3.05) is 24.6 Å². The van der Waals surface area contributed by atoms with E-state index >= 15 is 0 Å². The van der Waals surface area contributed by atoms with Crippen LogP contribution in [0.3, 0.4) is 0 Å². The van der Waals surface area contributed by atoms with Crippen molar-refractivity contribution in [2.24, 2.45) is 0 Å². The van der Waals surface area contributed by atoms with Gasteiger partial charge in [0.1, 0.15) is 5.56 Å². The van der Waals surface area contributed by atoms with E-state index in [4.69, 9.17) is 0 Å². The predicted octanol–water partition coefficient (Wildman–Crippen LogP) is 1.27. The van der Waals surface area contributed by atoms with E-state index < -0.39 is 15.9 Å². The molecule has 9 heteroatoms. The largest absolute Gasteiger partial charge is 0.332 e. The lowest BCUT2D eigenvalue weighted by Gasteiger charge is -2.37. The van der Waals surface area contributed by atoms with Gasteiger partial charge < -0.3 is 10.2 Å². The Morgan fingerprint density at radius 2 is 1.97 bits per heavy atom. The first kappa shape index (κ1) is 22.0. The number of carbonyl (C=O) groups is 1. The number of pyridine rings is 1. The van der Waals surface area contributed by atoms with E-state index in [-0.39, 0.29) is 47.0 Å². The van der Waals surface area contributed by atoms with E-state index in [1.165, 1.54) is 11.1 Å². The van der Waals surface area contributed by atoms with Crippen molar-refractivity contribution in [1.29, 1.82) is 0 Å². The molecule has 1 aliphatic carbocycles. The highest BCUT2D eigenvalue weighted by Crippen LogP contribution is 2.28. The number of aryl methyl sites for hydroxylation is 2. The van der Waals surface area contributed by atoms with Crippen molar-refractivity contribution in [3.05, 3.63) is 63.1 Å². The molecule has 1 aromatic heterocycles. The zero-order chi connectivity index (χ0) is 21.0. The molecule has 2 aromatic rings. The number of nitrogens with one attached hydrogen (secondary N) is 1. The molecule has 166 valence electrons. The Labute approximate surface area is 187 Å². The van der Waals surface area contributed by atoms with Gasteiger partial charge in [-0.1, -0.05) is 12.1 Å². The fraction of sp³-hybridized carbons (Fsp3) is 0.455. The van der Waals surface area contributed by atoms with Crippen molar-refractivity contribution in [3.8, 4) is 5.69 Å². The van der Waals surface area contributed by atoms with Crippen molar-refractivity contribution >= 4 is 28.2 Å². The molecule has 0 radical (unpaired) electrons. The SMILES string of the molecule is Cc1ccn(-c2cccc3c2CCC3)c(=O)c1C(=O)N1CCN[C@@H]2CS(=O)(=O)C[C@@H]21.Cl. The Morgan fingerprint density at radius 3 is 2.77 bits per heavy atom. The summed E-state index contributed by atoms with van der Waals surface area (Å²) in [6.07, 6.45) is 4.74. The normalized spacial score (nSPS) is 23.7. The average Bonchev–Trinajstić information content (AvgIpc) is 3.30. The summed E-state index contributed by atoms with van der Waals surface area (Å²) < 4.78 is 25.9. The molecule has 0 saturated carbocycles. The monoisotopic (exact) mass is 463 g/mol. The summed E-state index contributed by atoms with van der Waals surface area (Å²) in [4.78, 5) is 28.6. The molecule has 0 unspecified atom stereocenters. The minimum atomic E-state index is -3.20. The average molecular weight is 464 g/mol. The second-order valence-electron chi connectivity index (χ2n) is 8.52. The molecule has 0 bridgehead atoms. The number of nitrogens with zero attached hydrogens (tertiary/aromatic N) is 2. The number of benzene rings is 1. The standard InChI is InChI=1S/C22H25N3O4S.ClH/c1-14-8-10-24(18-7-3-5-15-4-2-6-16(15)18)21(26)20(14)22(27)25-11-9-23-17-12-30(28,29)13-19(17)25;/h3,5,7-8,10,17,19,23H,2,4,6,9,11-13H2,1H3;1H/t17-,19+;/m1./s1. The molecule has 1 N–H and O–H groups in total. The highest BCUT2D eigenvalue weighted by molar-refractivity contribution is 7.91. The first-order valence-electron chi connectivity index (χ1n) is 10.4. The van der Waals surface area contributed by atoms with Gasteiger partial charge in [0.2, 0.25) is 0 Å². The molecule has 3 heterocycles. The van der Waals surface area contributed by atoms with E-state index in [9.17, 15) is 18.0 Å². The van der Waals surface area contributed by atoms with E-state index in [0.717, 1.165) is 24.9 Å². The van der Waals surface area contributed by atoms with Gasteiger partial charge in [0.25, 0.3) is 11.5 Å². The third kappa shape index (κ3) is 3.70. The number of rotatable bonds is 2. The topological polar surface area (TPSA) is 88.5 Å². The Hall–Kier alpha value is -2.16. The lowest BCUT2D eigenvalue weighted by atomic mass is 10.0. The number of aromatic nitrogens is 1. The van der Waals surface area contributed by atoms with Crippen LogP contribution in [-0.4, -0.2) is 60.5 Å². The van der Waals surface area contributed by atoms with Crippen LogP contribution in [-0.2, 0) is 22.7 Å². The van der Waals surface area contributed by atoms with Gasteiger partial charge in [0, 0.05) is 25.3 Å². The zero-order valence-electron chi connectivity index (χ0n) is 17.3. The number of carbonyl (C=O) groups excluding carboxylic acids is 1. The van der Waals surface area contributed by atoms with Gasteiger partial charge in [-0.15, -0.1) is 12.4 Å². The summed E-state index contributed by atoms with van der Waals surface area (Å²) in [5.41, 5.74) is 3.68. The summed E-state index contributed by atoms with van der Waals surface area (Å²) in [6.45, 7) is 2.68. The van der Waals surface area contributed by atoms with Gasteiger partial charge in [-0.2, -0.15) is 0 Å². The van der Waals surface area contributed by atoms with Crippen molar-refractivity contribution in [3.63, 3.8) is 0 Å². The molecular formula is C22H26ClN3O4S. The van der Waals surface area contributed by atoms with Gasteiger partial charge in [0.15, 0.2) is 9.84 Å². The minimum Gasteiger partial charge on any atom is -0.332 e. The van der Waals surface area contributed by atoms with Crippen LogP contribution in [0.5, 0.6) is 0 Å². The van der Waals surface area contributed by atoms with E-state index in [1.54, 1.807) is 28.7 Å². The van der Waals surface area contributed by atoms with Crippen LogP contribution in [0.4, 0.5) is 0 Å². The number of fused-ring (bicyclic) bond motifs is 2. The molecular weight excluding hydrogens is 438 g/mol. The summed E-state index contributed by atoms with van der Waals surface area (Å²) in [7, 11) is -3.20. The number of hydrogen-bond acceptors (Lipinski definition) is 5. The second kappa shape index (κ2) is 8.07. The van der Waals surface area contributed by atoms with Crippen LogP contribution in [0.1, 0.15) is 33.5 Å². The molecule has 1 amide bonds. The molecule has 0 spiro atoms. The summed E-state index contributed by atoms with van der Waals surface area (Å²) in [5, 5.41) is 3.21. The third-order valence-corrected chi connectivity index (χ3v) is 8.35. The van der Waals surface area contributed by atoms with E-state index in [2.05, 4.69) is 11.4 Å². The van der Waals surface area contributed by atoms with Crippen LogP contribution in [0, 0.1) is 6.92 Å². The Bertz CT molecular complexity index is 1210. The first-order valence-corrected chi connectivity index (χ1v) is 12.3. The first-order chi connectivity index (χ1) is 14.4. The molecule has 3 aliphatic rings. The summed E-state index contributed by atoms with van der Waals surface area (Å²) >= 11 is 0. The third-order valence-electron chi connectivity index (χ3n) is 6.64. The predicted molar refractivity (Wildman–Crippen MR) is 121 cm³/mol. The maximum atomic E-state index is 13.5. The Morgan fingerprint density at radius 1 is 1.16 bits per heavy atom. The lowest BCUT2D eigenvalue weighted by molar-refractivity contribution is 0.0618. The highest BCUT2D eigenvalue weighted by Gasteiger charge is 2.45. The molecule has 2 saturated heterocycles. The molecule has 7 nitrogen and oxygen atoms in total. The maximum absolute atomic E-state index is 13.5.